The highest BCUT2D eigenvalue weighted by Gasteiger charge is 2.31. The fourth-order valence-corrected chi connectivity index (χ4v) is 3.97. The predicted octanol–water partition coefficient (Wildman–Crippen LogP) is 5.11. The third-order valence-electron chi connectivity index (χ3n) is 3.13. The molecule has 0 radical (unpaired) electrons. The van der Waals surface area contributed by atoms with Crippen LogP contribution in [0.2, 0.25) is 5.02 Å². The minimum atomic E-state index is 0.0902. The lowest BCUT2D eigenvalue weighted by Crippen LogP contribution is -2.15. The lowest BCUT2D eigenvalue weighted by Gasteiger charge is -2.21. The lowest BCUT2D eigenvalue weighted by molar-refractivity contribution is 0.0553. The Labute approximate surface area is 129 Å². The zero-order valence-electron chi connectivity index (χ0n) is 10.3. The molecule has 1 aromatic rings. The van der Waals surface area contributed by atoms with Crippen LogP contribution in [0.4, 0.5) is 0 Å². The molecule has 1 saturated heterocycles. The van der Waals surface area contributed by atoms with Gasteiger partial charge in [0.05, 0.1) is 28.6 Å². The maximum absolute atomic E-state index is 6.11. The Kier molecular flexibility index (Phi) is 4.98. The molecular formula is C13H15Br2ClO2. The Morgan fingerprint density at radius 1 is 1.44 bits per heavy atom. The van der Waals surface area contributed by atoms with Gasteiger partial charge in [0, 0.05) is 10.6 Å². The molecule has 100 valence electrons. The molecule has 1 heterocycles. The molecule has 18 heavy (non-hydrogen) atoms. The molecule has 0 N–H and O–H groups in total. The largest absolute Gasteiger partial charge is 0.495 e. The van der Waals surface area contributed by atoms with Crippen LogP contribution in [0.25, 0.3) is 0 Å². The number of benzene rings is 1. The van der Waals surface area contributed by atoms with E-state index in [1.165, 1.54) is 0 Å². The zero-order chi connectivity index (χ0) is 13.3. The Morgan fingerprint density at radius 2 is 2.17 bits per heavy atom. The van der Waals surface area contributed by atoms with Crippen molar-refractivity contribution in [2.24, 2.45) is 0 Å². The molecule has 1 aliphatic rings. The summed E-state index contributed by atoms with van der Waals surface area (Å²) in [5.74, 6) is 0.810. The van der Waals surface area contributed by atoms with Crippen LogP contribution in [-0.2, 0) is 4.74 Å². The van der Waals surface area contributed by atoms with Crippen molar-refractivity contribution in [2.75, 3.05) is 7.11 Å². The third kappa shape index (κ3) is 3.03. The molecule has 2 rings (SSSR count). The van der Waals surface area contributed by atoms with Gasteiger partial charge >= 0.3 is 0 Å². The van der Waals surface area contributed by atoms with E-state index >= 15 is 0 Å². The smallest absolute Gasteiger partial charge is 0.137 e. The second-order valence-corrected chi connectivity index (χ2v) is 6.75. The zero-order valence-corrected chi connectivity index (χ0v) is 14.2. The fraction of sp³-hybridized carbons (Fsp3) is 0.538. The maximum atomic E-state index is 6.11. The molecule has 5 heteroatoms. The molecule has 1 fully saturated rings. The minimum absolute atomic E-state index is 0.0902. The molecule has 0 amide bonds. The Balaban J connectivity index is 2.31. The summed E-state index contributed by atoms with van der Waals surface area (Å²) in [7, 11) is 1.66. The van der Waals surface area contributed by atoms with Crippen LogP contribution < -0.4 is 4.74 Å². The summed E-state index contributed by atoms with van der Waals surface area (Å²) in [6.45, 7) is 2.10. The molecule has 0 saturated carbocycles. The lowest BCUT2D eigenvalue weighted by atomic mass is 10.0. The van der Waals surface area contributed by atoms with E-state index in [1.54, 1.807) is 7.11 Å². The third-order valence-corrected chi connectivity index (χ3v) is 5.02. The van der Waals surface area contributed by atoms with Crippen molar-refractivity contribution in [3.05, 3.63) is 27.2 Å². The van der Waals surface area contributed by atoms with Crippen LogP contribution in [0.5, 0.6) is 5.75 Å². The summed E-state index contributed by atoms with van der Waals surface area (Å²) in [6, 6.07) is 3.76. The molecule has 0 aliphatic carbocycles. The SMILES string of the molecule is COc1c(Br)cc(Cl)cc1C(Br)C1CCC(C)O1. The van der Waals surface area contributed by atoms with Crippen molar-refractivity contribution in [1.82, 2.24) is 0 Å². The van der Waals surface area contributed by atoms with Crippen LogP contribution in [0, 0.1) is 0 Å². The van der Waals surface area contributed by atoms with Gasteiger partial charge in [-0.1, -0.05) is 27.5 Å². The Morgan fingerprint density at radius 3 is 2.72 bits per heavy atom. The molecule has 2 nitrogen and oxygen atoms in total. The highest BCUT2D eigenvalue weighted by atomic mass is 79.9. The summed E-state index contributed by atoms with van der Waals surface area (Å²) < 4.78 is 12.2. The molecular weight excluding hydrogens is 383 g/mol. The quantitative estimate of drug-likeness (QED) is 0.659. The summed E-state index contributed by atoms with van der Waals surface area (Å²) in [5, 5.41) is 0.688. The summed E-state index contributed by atoms with van der Waals surface area (Å²) in [5.41, 5.74) is 1.02. The second-order valence-electron chi connectivity index (χ2n) is 4.47. The van der Waals surface area contributed by atoms with Crippen LogP contribution in [-0.4, -0.2) is 19.3 Å². The van der Waals surface area contributed by atoms with Gasteiger partial charge in [0.2, 0.25) is 0 Å². The van der Waals surface area contributed by atoms with E-state index in [9.17, 15) is 0 Å². The van der Waals surface area contributed by atoms with Crippen molar-refractivity contribution < 1.29 is 9.47 Å². The highest BCUT2D eigenvalue weighted by Crippen LogP contribution is 2.43. The van der Waals surface area contributed by atoms with Gasteiger partial charge in [0.25, 0.3) is 0 Å². The predicted molar refractivity (Wildman–Crippen MR) is 80.9 cm³/mol. The molecule has 0 aromatic heterocycles. The normalized spacial score (nSPS) is 25.2. The first-order valence-electron chi connectivity index (χ1n) is 5.85. The number of halogens is 3. The summed E-state index contributed by atoms with van der Waals surface area (Å²) in [4.78, 5) is 0.0902. The number of hydrogen-bond acceptors (Lipinski definition) is 2. The first-order chi connectivity index (χ1) is 8.52. The van der Waals surface area contributed by atoms with E-state index in [0.29, 0.717) is 11.1 Å². The topological polar surface area (TPSA) is 18.5 Å². The highest BCUT2D eigenvalue weighted by molar-refractivity contribution is 9.10. The second kappa shape index (κ2) is 6.12. The van der Waals surface area contributed by atoms with Gasteiger partial charge in [-0.3, -0.25) is 0 Å². The standard InChI is InChI=1S/C13H15Br2ClO2/c1-7-3-4-11(18-7)12(15)9-5-8(16)6-10(14)13(9)17-2/h5-7,11-12H,3-4H2,1-2H3. The van der Waals surface area contributed by atoms with Gasteiger partial charge in [-0.15, -0.1) is 0 Å². The molecule has 3 atom stereocenters. The molecule has 3 unspecified atom stereocenters. The number of alkyl halides is 1. The van der Waals surface area contributed by atoms with Gasteiger partial charge in [0.15, 0.2) is 0 Å². The van der Waals surface area contributed by atoms with Gasteiger partial charge in [0.1, 0.15) is 5.75 Å². The number of rotatable bonds is 3. The van der Waals surface area contributed by atoms with E-state index < -0.39 is 0 Å². The van der Waals surface area contributed by atoms with Crippen LogP contribution in [0.1, 0.15) is 30.2 Å². The average molecular weight is 399 g/mol. The maximum Gasteiger partial charge on any atom is 0.137 e. The van der Waals surface area contributed by atoms with Gasteiger partial charge in [-0.05, 0) is 47.8 Å². The summed E-state index contributed by atoms with van der Waals surface area (Å²) >= 11 is 13.3. The number of hydrogen-bond donors (Lipinski definition) is 0. The monoisotopic (exact) mass is 396 g/mol. The van der Waals surface area contributed by atoms with Crippen LogP contribution in [0.15, 0.2) is 16.6 Å². The molecule has 1 aromatic carbocycles. The minimum Gasteiger partial charge on any atom is -0.495 e. The summed E-state index contributed by atoms with van der Waals surface area (Å²) in [6.07, 6.45) is 2.63. The first kappa shape index (κ1) is 14.6. The Bertz CT molecular complexity index is 439. The molecule has 0 bridgehead atoms. The fourth-order valence-electron chi connectivity index (χ4n) is 2.25. The van der Waals surface area contributed by atoms with Crippen LogP contribution in [0.3, 0.4) is 0 Å². The molecule has 1 aliphatic heterocycles. The molecule has 0 spiro atoms. The van der Waals surface area contributed by atoms with E-state index in [2.05, 4.69) is 38.8 Å². The van der Waals surface area contributed by atoms with E-state index in [1.807, 2.05) is 12.1 Å². The van der Waals surface area contributed by atoms with Gasteiger partial charge in [-0.25, -0.2) is 0 Å². The van der Waals surface area contributed by atoms with Crippen molar-refractivity contribution in [1.29, 1.82) is 0 Å². The van der Waals surface area contributed by atoms with Crippen LogP contribution >= 0.6 is 43.5 Å². The Hall–Kier alpha value is 0.230. The van der Waals surface area contributed by atoms with Crippen molar-refractivity contribution in [3.8, 4) is 5.75 Å². The van der Waals surface area contributed by atoms with Gasteiger partial charge < -0.3 is 9.47 Å². The van der Waals surface area contributed by atoms with E-state index in [4.69, 9.17) is 21.1 Å². The van der Waals surface area contributed by atoms with Gasteiger partial charge in [-0.2, -0.15) is 0 Å². The number of ether oxygens (including phenoxy) is 2. The van der Waals surface area contributed by atoms with Crippen molar-refractivity contribution >= 4 is 43.5 Å². The van der Waals surface area contributed by atoms with Crippen molar-refractivity contribution in [3.63, 3.8) is 0 Å². The first-order valence-corrected chi connectivity index (χ1v) is 7.94. The van der Waals surface area contributed by atoms with Crippen molar-refractivity contribution in [2.45, 2.75) is 36.8 Å². The van der Waals surface area contributed by atoms with E-state index in [0.717, 1.165) is 28.6 Å². The van der Waals surface area contributed by atoms with E-state index in [-0.39, 0.29) is 10.9 Å². The number of methoxy groups -OCH3 is 1. The average Bonchev–Trinajstić information content (AvgIpc) is 2.74.